The molecule has 0 amide bonds. The Morgan fingerprint density at radius 1 is 1.30 bits per heavy atom. The Morgan fingerprint density at radius 3 is 2.80 bits per heavy atom. The summed E-state index contributed by atoms with van der Waals surface area (Å²) in [5.74, 6) is 0. The summed E-state index contributed by atoms with van der Waals surface area (Å²) in [6.07, 6.45) is 4.78. The van der Waals surface area contributed by atoms with Crippen LogP contribution in [0.4, 0.5) is 0 Å². The van der Waals surface area contributed by atoms with Gasteiger partial charge in [-0.2, -0.15) is 0 Å². The Labute approximate surface area is 133 Å². The summed E-state index contributed by atoms with van der Waals surface area (Å²) in [7, 11) is 2.00. The van der Waals surface area contributed by atoms with E-state index < -0.39 is 0 Å². The number of rotatable bonds is 6. The molecular weight excluding hydrogens is 336 g/mol. The monoisotopic (exact) mass is 352 g/mol. The van der Waals surface area contributed by atoms with Crippen LogP contribution in [-0.2, 0) is 12.8 Å². The Hall–Kier alpha value is -0.900. The summed E-state index contributed by atoms with van der Waals surface area (Å²) in [6.45, 7) is 0. The molecule has 20 heavy (non-hydrogen) atoms. The van der Waals surface area contributed by atoms with Gasteiger partial charge in [0.05, 0.1) is 0 Å². The van der Waals surface area contributed by atoms with Gasteiger partial charge in [-0.1, -0.05) is 39.7 Å². The zero-order valence-electron chi connectivity index (χ0n) is 11.4. The average molecular weight is 354 g/mol. The molecular formula is C16H18BrClN2. The van der Waals surface area contributed by atoms with Crippen LogP contribution in [0.2, 0.25) is 5.02 Å². The molecule has 1 N–H and O–H groups in total. The molecule has 0 saturated heterocycles. The van der Waals surface area contributed by atoms with Crippen LogP contribution in [0.3, 0.4) is 0 Å². The van der Waals surface area contributed by atoms with Crippen LogP contribution in [0.1, 0.15) is 17.7 Å². The molecule has 1 atom stereocenters. The van der Waals surface area contributed by atoms with Gasteiger partial charge < -0.3 is 5.32 Å². The van der Waals surface area contributed by atoms with Crippen molar-refractivity contribution in [1.29, 1.82) is 0 Å². The summed E-state index contributed by atoms with van der Waals surface area (Å²) in [5.41, 5.74) is 2.31. The second-order valence-corrected chi connectivity index (χ2v) is 6.11. The van der Waals surface area contributed by atoms with Crippen molar-refractivity contribution >= 4 is 27.5 Å². The summed E-state index contributed by atoms with van der Waals surface area (Å²) < 4.78 is 1.01. The molecule has 2 rings (SSSR count). The molecule has 0 aliphatic carbocycles. The predicted molar refractivity (Wildman–Crippen MR) is 88.3 cm³/mol. The Kier molecular flexibility index (Phi) is 6.02. The molecule has 0 aliphatic rings. The second kappa shape index (κ2) is 7.77. The molecule has 106 valence electrons. The number of hydrogen-bond acceptors (Lipinski definition) is 2. The van der Waals surface area contributed by atoms with Crippen molar-refractivity contribution in [2.45, 2.75) is 25.3 Å². The number of nitrogens with zero attached hydrogens (tertiary/aromatic N) is 1. The molecule has 0 fully saturated rings. The van der Waals surface area contributed by atoms with Gasteiger partial charge in [-0.15, -0.1) is 0 Å². The molecule has 1 unspecified atom stereocenters. The first kappa shape index (κ1) is 15.5. The number of hydrogen-bond donors (Lipinski definition) is 1. The van der Waals surface area contributed by atoms with E-state index >= 15 is 0 Å². The number of aromatic nitrogens is 1. The van der Waals surface area contributed by atoms with Gasteiger partial charge in [0.2, 0.25) is 0 Å². The van der Waals surface area contributed by atoms with Crippen molar-refractivity contribution in [2.75, 3.05) is 7.05 Å². The summed E-state index contributed by atoms with van der Waals surface area (Å²) in [4.78, 5) is 4.36. The first-order valence-corrected chi connectivity index (χ1v) is 7.87. The Morgan fingerprint density at radius 2 is 2.15 bits per heavy atom. The molecule has 0 saturated carbocycles. The first-order chi connectivity index (χ1) is 9.69. The molecule has 0 radical (unpaired) electrons. The van der Waals surface area contributed by atoms with Crippen molar-refractivity contribution in [3.63, 3.8) is 0 Å². The van der Waals surface area contributed by atoms with Gasteiger partial charge in [0, 0.05) is 27.4 Å². The standard InChI is InChI=1S/C16H18BrClN2/c1-19-15(8-7-14-4-2-3-9-20-14)10-12-5-6-13(17)11-16(12)18/h2-6,9,11,15,19H,7-8,10H2,1H3. The lowest BCUT2D eigenvalue weighted by Crippen LogP contribution is -2.28. The van der Waals surface area contributed by atoms with E-state index in [1.807, 2.05) is 37.5 Å². The van der Waals surface area contributed by atoms with E-state index in [9.17, 15) is 0 Å². The van der Waals surface area contributed by atoms with Crippen LogP contribution in [0.5, 0.6) is 0 Å². The van der Waals surface area contributed by atoms with Crippen molar-refractivity contribution < 1.29 is 0 Å². The van der Waals surface area contributed by atoms with E-state index in [-0.39, 0.29) is 0 Å². The molecule has 4 heteroatoms. The second-order valence-electron chi connectivity index (χ2n) is 4.79. The minimum absolute atomic E-state index is 0.399. The lowest BCUT2D eigenvalue weighted by Gasteiger charge is -2.17. The van der Waals surface area contributed by atoms with E-state index in [0.717, 1.165) is 34.5 Å². The lowest BCUT2D eigenvalue weighted by atomic mass is 10.0. The fourth-order valence-corrected chi connectivity index (χ4v) is 2.92. The third-order valence-electron chi connectivity index (χ3n) is 3.36. The quantitative estimate of drug-likeness (QED) is 0.839. The Balaban J connectivity index is 1.95. The van der Waals surface area contributed by atoms with Crippen LogP contribution in [0, 0.1) is 0 Å². The number of nitrogens with one attached hydrogen (secondary N) is 1. The highest BCUT2D eigenvalue weighted by molar-refractivity contribution is 9.10. The maximum absolute atomic E-state index is 6.28. The lowest BCUT2D eigenvalue weighted by molar-refractivity contribution is 0.517. The smallest absolute Gasteiger partial charge is 0.0449 e. The van der Waals surface area contributed by atoms with Crippen LogP contribution in [-0.4, -0.2) is 18.1 Å². The normalized spacial score (nSPS) is 12.3. The molecule has 1 aromatic heterocycles. The number of aryl methyl sites for hydroxylation is 1. The van der Waals surface area contributed by atoms with Gasteiger partial charge in [-0.3, -0.25) is 4.98 Å². The zero-order valence-corrected chi connectivity index (χ0v) is 13.8. The van der Waals surface area contributed by atoms with Crippen LogP contribution in [0.25, 0.3) is 0 Å². The van der Waals surface area contributed by atoms with Crippen LogP contribution < -0.4 is 5.32 Å². The summed E-state index contributed by atoms with van der Waals surface area (Å²) >= 11 is 9.71. The average Bonchev–Trinajstić information content (AvgIpc) is 2.46. The minimum Gasteiger partial charge on any atom is -0.317 e. The number of likely N-dealkylation sites (N-methyl/N-ethyl adjacent to an activating group) is 1. The van der Waals surface area contributed by atoms with Gasteiger partial charge in [-0.25, -0.2) is 0 Å². The van der Waals surface area contributed by atoms with Gasteiger partial charge >= 0.3 is 0 Å². The van der Waals surface area contributed by atoms with E-state index in [1.54, 1.807) is 0 Å². The van der Waals surface area contributed by atoms with Crippen LogP contribution in [0.15, 0.2) is 47.1 Å². The molecule has 1 aromatic carbocycles. The van der Waals surface area contributed by atoms with Gasteiger partial charge in [0.15, 0.2) is 0 Å². The van der Waals surface area contributed by atoms with Gasteiger partial charge in [-0.05, 0) is 56.1 Å². The van der Waals surface area contributed by atoms with Crippen molar-refractivity contribution in [3.05, 3.63) is 63.3 Å². The molecule has 2 nitrogen and oxygen atoms in total. The predicted octanol–water partition coefficient (Wildman–Crippen LogP) is 4.26. The highest BCUT2D eigenvalue weighted by Crippen LogP contribution is 2.23. The third kappa shape index (κ3) is 4.58. The largest absolute Gasteiger partial charge is 0.317 e. The van der Waals surface area contributed by atoms with E-state index in [0.29, 0.717) is 6.04 Å². The van der Waals surface area contributed by atoms with Gasteiger partial charge in [0.1, 0.15) is 0 Å². The van der Waals surface area contributed by atoms with E-state index in [2.05, 4.69) is 38.4 Å². The van der Waals surface area contributed by atoms with Crippen LogP contribution >= 0.6 is 27.5 Å². The first-order valence-electron chi connectivity index (χ1n) is 6.70. The molecule has 0 aliphatic heterocycles. The topological polar surface area (TPSA) is 24.9 Å². The fraction of sp³-hybridized carbons (Fsp3) is 0.312. The van der Waals surface area contributed by atoms with Crippen molar-refractivity contribution in [1.82, 2.24) is 10.3 Å². The number of halogens is 2. The fourth-order valence-electron chi connectivity index (χ4n) is 2.17. The molecule has 1 heterocycles. The third-order valence-corrected chi connectivity index (χ3v) is 4.21. The highest BCUT2D eigenvalue weighted by Gasteiger charge is 2.10. The summed E-state index contributed by atoms with van der Waals surface area (Å²) in [6, 6.07) is 12.5. The summed E-state index contributed by atoms with van der Waals surface area (Å²) in [5, 5.41) is 4.18. The zero-order chi connectivity index (χ0) is 14.4. The maximum Gasteiger partial charge on any atom is 0.0449 e. The minimum atomic E-state index is 0.399. The van der Waals surface area contributed by atoms with Crippen molar-refractivity contribution in [3.8, 4) is 0 Å². The van der Waals surface area contributed by atoms with E-state index in [1.165, 1.54) is 5.56 Å². The van der Waals surface area contributed by atoms with Gasteiger partial charge in [0.25, 0.3) is 0 Å². The Bertz CT molecular complexity index is 545. The highest BCUT2D eigenvalue weighted by atomic mass is 79.9. The molecule has 0 spiro atoms. The maximum atomic E-state index is 6.28. The number of benzene rings is 1. The molecule has 2 aromatic rings. The van der Waals surface area contributed by atoms with E-state index in [4.69, 9.17) is 11.6 Å². The number of pyridine rings is 1. The molecule has 0 bridgehead atoms. The SMILES string of the molecule is CNC(CCc1ccccn1)Cc1ccc(Br)cc1Cl. The van der Waals surface area contributed by atoms with Crippen molar-refractivity contribution in [2.24, 2.45) is 0 Å².